The predicted octanol–water partition coefficient (Wildman–Crippen LogP) is 9.97. The molecule has 2 aromatic heterocycles. The van der Waals surface area contributed by atoms with Crippen molar-refractivity contribution in [1.29, 1.82) is 0 Å². The van der Waals surface area contributed by atoms with E-state index >= 15 is 0 Å². The third-order valence-corrected chi connectivity index (χ3v) is 9.76. The van der Waals surface area contributed by atoms with Crippen molar-refractivity contribution in [2.45, 2.75) is 52.4 Å². The molecule has 4 heteroatoms. The molecule has 0 N–H and O–H groups in total. The van der Waals surface area contributed by atoms with Crippen LogP contribution in [-0.2, 0) is 10.8 Å². The fourth-order valence-electron chi connectivity index (χ4n) is 7.33. The van der Waals surface area contributed by atoms with E-state index in [0.717, 1.165) is 39.7 Å². The number of para-hydroxylation sites is 2. The van der Waals surface area contributed by atoms with Gasteiger partial charge in [-0.1, -0.05) is 80.6 Å². The molecule has 6 aromatic rings. The van der Waals surface area contributed by atoms with Gasteiger partial charge in [0.15, 0.2) is 0 Å². The zero-order valence-electron chi connectivity index (χ0n) is 26.2. The van der Waals surface area contributed by atoms with Gasteiger partial charge in [-0.2, -0.15) is 0 Å². The van der Waals surface area contributed by atoms with Crippen molar-refractivity contribution >= 4 is 17.1 Å². The van der Waals surface area contributed by atoms with Crippen molar-refractivity contribution in [1.82, 2.24) is 14.5 Å². The number of imidazole rings is 1. The minimum atomic E-state index is -0.466. The number of nitrogens with zero attached hydrogens (tertiary/aromatic N) is 4. The lowest BCUT2D eigenvalue weighted by Gasteiger charge is -2.42. The maximum absolute atomic E-state index is 5.45. The van der Waals surface area contributed by atoms with Gasteiger partial charge in [-0.15, -0.1) is 0 Å². The largest absolute Gasteiger partial charge is 0.310 e. The highest BCUT2D eigenvalue weighted by molar-refractivity contribution is 5.89. The van der Waals surface area contributed by atoms with Crippen LogP contribution >= 0.6 is 0 Å². The predicted molar refractivity (Wildman–Crippen MR) is 181 cm³/mol. The van der Waals surface area contributed by atoms with Crippen LogP contribution in [0.2, 0.25) is 0 Å². The zero-order chi connectivity index (χ0) is 30.4. The molecule has 0 atom stereocenters. The van der Waals surface area contributed by atoms with Crippen LogP contribution in [0.3, 0.4) is 0 Å². The van der Waals surface area contributed by atoms with E-state index in [0.29, 0.717) is 0 Å². The molecule has 4 aromatic carbocycles. The Morgan fingerprint density at radius 2 is 1.27 bits per heavy atom. The monoisotopic (exact) mass is 572 g/mol. The lowest BCUT2D eigenvalue weighted by atomic mass is 9.73. The van der Waals surface area contributed by atoms with Gasteiger partial charge in [-0.25, -0.2) is 4.98 Å². The Kier molecular flexibility index (Phi) is 5.61. The quantitative estimate of drug-likeness (QED) is 0.197. The normalized spacial score (nSPS) is 15.4. The van der Waals surface area contributed by atoms with Crippen LogP contribution in [0.25, 0.3) is 28.2 Å². The topological polar surface area (TPSA) is 34.0 Å². The van der Waals surface area contributed by atoms with Gasteiger partial charge in [0.2, 0.25) is 0 Å². The van der Waals surface area contributed by atoms with E-state index in [2.05, 4.69) is 160 Å². The van der Waals surface area contributed by atoms with E-state index in [1.54, 1.807) is 0 Å². The Morgan fingerprint density at radius 3 is 2.09 bits per heavy atom. The van der Waals surface area contributed by atoms with Crippen molar-refractivity contribution in [3.8, 4) is 28.2 Å². The summed E-state index contributed by atoms with van der Waals surface area (Å²) in [6.07, 6.45) is 2.23. The third kappa shape index (κ3) is 3.77. The molecule has 0 spiro atoms. The summed E-state index contributed by atoms with van der Waals surface area (Å²) in [4.78, 5) is 13.2. The van der Waals surface area contributed by atoms with Gasteiger partial charge in [-0.3, -0.25) is 4.98 Å². The lowest BCUT2D eigenvalue weighted by molar-refractivity contribution is 0.561. The molecule has 8 bridgehead atoms. The Morgan fingerprint density at radius 1 is 0.568 bits per heavy atom. The van der Waals surface area contributed by atoms with Gasteiger partial charge in [-0.05, 0) is 86.3 Å². The molecule has 4 heterocycles. The van der Waals surface area contributed by atoms with Crippen molar-refractivity contribution in [3.05, 3.63) is 143 Å². The van der Waals surface area contributed by atoms with E-state index in [1.165, 1.54) is 39.3 Å². The molecule has 0 saturated carbocycles. The summed E-state index contributed by atoms with van der Waals surface area (Å²) in [5, 5.41) is 0. The van der Waals surface area contributed by atoms with Crippen LogP contribution < -0.4 is 4.90 Å². The molecule has 0 unspecified atom stereocenters. The van der Waals surface area contributed by atoms with Gasteiger partial charge in [0, 0.05) is 28.4 Å². The maximum Gasteiger partial charge on any atom is 0.125 e. The fraction of sp³-hybridized carbons (Fsp3) is 0.200. The standard InChI is InChI=1S/C40H36N4/c1-25-12-9-13-26(2)37(25)43-24-33-28-20-21-31-35(23-28)44(34-18-8-7-16-30(34)39(31,3)4)29-15-10-14-27(22-29)32-17-11-19-36(41-32)40(5,6)38(43)42-33/h7-24H,1-6H3. The van der Waals surface area contributed by atoms with Gasteiger partial charge in [0.1, 0.15) is 5.82 Å². The molecule has 0 radical (unpaired) electrons. The number of aryl methyl sites for hydroxylation is 2. The number of hydrogen-bond donors (Lipinski definition) is 0. The minimum Gasteiger partial charge on any atom is -0.310 e. The third-order valence-electron chi connectivity index (χ3n) is 9.76. The van der Waals surface area contributed by atoms with Crippen LogP contribution in [0.1, 0.15) is 61.5 Å². The highest BCUT2D eigenvalue weighted by atomic mass is 15.2. The average Bonchev–Trinajstić information content (AvgIpc) is 3.47. The van der Waals surface area contributed by atoms with Crippen molar-refractivity contribution in [2.75, 3.05) is 4.90 Å². The summed E-state index contributed by atoms with van der Waals surface area (Å²) in [5.41, 5.74) is 14.2. The summed E-state index contributed by atoms with van der Waals surface area (Å²) in [7, 11) is 0. The lowest BCUT2D eigenvalue weighted by Crippen LogP contribution is -2.30. The molecular weight excluding hydrogens is 536 g/mol. The van der Waals surface area contributed by atoms with Crippen molar-refractivity contribution < 1.29 is 0 Å². The number of anilines is 3. The van der Waals surface area contributed by atoms with Gasteiger partial charge in [0.25, 0.3) is 0 Å². The number of pyridine rings is 1. The summed E-state index contributed by atoms with van der Waals surface area (Å²) >= 11 is 0. The fourth-order valence-corrected chi connectivity index (χ4v) is 7.33. The van der Waals surface area contributed by atoms with Gasteiger partial charge in [0.05, 0.1) is 39.6 Å². The van der Waals surface area contributed by atoms with E-state index in [1.807, 2.05) is 0 Å². The smallest absolute Gasteiger partial charge is 0.125 e. The maximum atomic E-state index is 5.45. The highest BCUT2D eigenvalue weighted by Gasteiger charge is 2.38. The minimum absolute atomic E-state index is 0.162. The summed E-state index contributed by atoms with van der Waals surface area (Å²) in [5.74, 6) is 0.973. The van der Waals surface area contributed by atoms with Crippen LogP contribution in [0.4, 0.5) is 17.1 Å². The zero-order valence-corrected chi connectivity index (χ0v) is 26.2. The van der Waals surface area contributed by atoms with Crippen LogP contribution in [0, 0.1) is 13.8 Å². The van der Waals surface area contributed by atoms with Crippen LogP contribution in [-0.4, -0.2) is 14.5 Å². The second-order valence-corrected chi connectivity index (χ2v) is 13.4. The number of benzene rings is 4. The molecule has 4 nitrogen and oxygen atoms in total. The Hall–Kier alpha value is -4.96. The number of rotatable bonds is 1. The molecule has 2 aliphatic heterocycles. The first-order valence-electron chi connectivity index (χ1n) is 15.4. The summed E-state index contributed by atoms with van der Waals surface area (Å²) in [6, 6.07) is 37.4. The molecule has 0 saturated heterocycles. The molecular formula is C40H36N4. The van der Waals surface area contributed by atoms with E-state index < -0.39 is 5.41 Å². The average molecular weight is 573 g/mol. The number of hydrogen-bond acceptors (Lipinski definition) is 3. The summed E-state index contributed by atoms with van der Waals surface area (Å²) < 4.78 is 2.31. The van der Waals surface area contributed by atoms with Crippen LogP contribution in [0.5, 0.6) is 0 Å². The first-order valence-corrected chi connectivity index (χ1v) is 15.4. The van der Waals surface area contributed by atoms with Gasteiger partial charge < -0.3 is 9.47 Å². The SMILES string of the molecule is Cc1cccc(C)c1-n1cc2nc1C(C)(C)c1cccc(n1)-c1cccc(c1)N1c3ccccc3C(C)(C)c3ccc-2cc31. The number of fused-ring (bicyclic) bond motifs is 12. The molecule has 216 valence electrons. The van der Waals surface area contributed by atoms with E-state index in [4.69, 9.17) is 9.97 Å². The molecule has 2 aliphatic rings. The molecule has 44 heavy (non-hydrogen) atoms. The Balaban J connectivity index is 1.49. The first kappa shape index (κ1) is 26.7. The molecule has 0 aliphatic carbocycles. The highest BCUT2D eigenvalue weighted by Crippen LogP contribution is 2.53. The Bertz CT molecular complexity index is 2090. The molecule has 0 fully saturated rings. The second-order valence-electron chi connectivity index (χ2n) is 13.4. The van der Waals surface area contributed by atoms with Crippen molar-refractivity contribution in [3.63, 3.8) is 0 Å². The number of aromatic nitrogens is 3. The van der Waals surface area contributed by atoms with Gasteiger partial charge >= 0.3 is 0 Å². The van der Waals surface area contributed by atoms with Crippen molar-refractivity contribution in [2.24, 2.45) is 0 Å². The van der Waals surface area contributed by atoms with E-state index in [-0.39, 0.29) is 5.41 Å². The Labute approximate surface area is 259 Å². The van der Waals surface area contributed by atoms with E-state index in [9.17, 15) is 0 Å². The second kappa shape index (κ2) is 9.27. The molecule has 0 amide bonds. The first-order chi connectivity index (χ1) is 21.1. The van der Waals surface area contributed by atoms with Crippen LogP contribution in [0.15, 0.2) is 109 Å². The summed E-state index contributed by atoms with van der Waals surface area (Å²) in [6.45, 7) is 13.5. The molecule has 8 rings (SSSR count).